The van der Waals surface area contributed by atoms with E-state index in [1.165, 1.54) is 0 Å². The van der Waals surface area contributed by atoms with Crippen LogP contribution in [-0.2, 0) is 13.1 Å². The summed E-state index contributed by atoms with van der Waals surface area (Å²) >= 11 is 0. The first-order valence-electron chi connectivity index (χ1n) is 8.78. The summed E-state index contributed by atoms with van der Waals surface area (Å²) < 4.78 is 2.21. The summed E-state index contributed by atoms with van der Waals surface area (Å²) in [6, 6.07) is 5.71. The summed E-state index contributed by atoms with van der Waals surface area (Å²) in [5.74, 6) is 0.902. The van der Waals surface area contributed by atoms with Crippen LogP contribution in [0.3, 0.4) is 0 Å². The van der Waals surface area contributed by atoms with Crippen LogP contribution in [-0.4, -0.2) is 49.7 Å². The van der Waals surface area contributed by atoms with Crippen LogP contribution in [0.1, 0.15) is 50.8 Å². The molecule has 25 heavy (non-hydrogen) atoms. The Morgan fingerprint density at radius 3 is 2.60 bits per heavy atom. The molecule has 1 amide bonds. The molecule has 2 heterocycles. The molecule has 0 saturated heterocycles. The minimum Gasteiger partial charge on any atom is -0.394 e. The number of benzene rings is 1. The van der Waals surface area contributed by atoms with Gasteiger partial charge in [-0.25, -0.2) is 4.98 Å². The van der Waals surface area contributed by atoms with Crippen molar-refractivity contribution in [2.75, 3.05) is 13.2 Å². The number of nitrogens with zero attached hydrogens (tertiary/aromatic N) is 3. The summed E-state index contributed by atoms with van der Waals surface area (Å²) in [5.41, 5.74) is 2.01. The third kappa shape index (κ3) is 3.55. The standard InChI is InChI=1S/C19H28N4O2/c1-18(2,3)21-17(25)13-6-7-15-14(10-13)20-16-11-22(8-9-23(15)16)19(4,5)12-24/h6-7,10,24H,8-9,11-12H2,1-5H3,(H,21,25). The van der Waals surface area contributed by atoms with Crippen molar-refractivity contribution in [1.29, 1.82) is 0 Å². The summed E-state index contributed by atoms with van der Waals surface area (Å²) in [4.78, 5) is 19.4. The fraction of sp³-hybridized carbons (Fsp3) is 0.579. The molecule has 6 heteroatoms. The predicted octanol–water partition coefficient (Wildman–Crippen LogP) is 2.15. The number of hydrogen-bond acceptors (Lipinski definition) is 4. The van der Waals surface area contributed by atoms with Crippen LogP contribution in [0.2, 0.25) is 0 Å². The van der Waals surface area contributed by atoms with Crippen LogP contribution >= 0.6 is 0 Å². The van der Waals surface area contributed by atoms with Crippen molar-refractivity contribution in [2.45, 2.75) is 58.8 Å². The molecule has 2 aromatic rings. The molecule has 1 aromatic heterocycles. The van der Waals surface area contributed by atoms with Gasteiger partial charge in [0, 0.05) is 29.7 Å². The van der Waals surface area contributed by atoms with E-state index in [2.05, 4.69) is 14.8 Å². The Morgan fingerprint density at radius 2 is 1.96 bits per heavy atom. The van der Waals surface area contributed by atoms with E-state index >= 15 is 0 Å². The van der Waals surface area contributed by atoms with E-state index in [1.807, 2.05) is 52.8 Å². The van der Waals surface area contributed by atoms with Crippen molar-refractivity contribution in [3.63, 3.8) is 0 Å². The van der Waals surface area contributed by atoms with Gasteiger partial charge in [0.2, 0.25) is 0 Å². The highest BCUT2D eigenvalue weighted by atomic mass is 16.3. The van der Waals surface area contributed by atoms with Gasteiger partial charge in [-0.1, -0.05) is 0 Å². The molecule has 0 spiro atoms. The monoisotopic (exact) mass is 344 g/mol. The van der Waals surface area contributed by atoms with Crippen LogP contribution in [0.25, 0.3) is 11.0 Å². The SMILES string of the molecule is CC(C)(C)NC(=O)c1ccc2c(c1)nc1n2CCN(C(C)(C)CO)C1. The molecule has 0 unspecified atom stereocenters. The molecule has 0 saturated carbocycles. The lowest BCUT2D eigenvalue weighted by Crippen LogP contribution is -2.50. The molecular formula is C19H28N4O2. The molecular weight excluding hydrogens is 316 g/mol. The minimum atomic E-state index is -0.268. The minimum absolute atomic E-state index is 0.0802. The number of fused-ring (bicyclic) bond motifs is 3. The van der Waals surface area contributed by atoms with E-state index < -0.39 is 0 Å². The molecule has 0 atom stereocenters. The molecule has 0 radical (unpaired) electrons. The lowest BCUT2D eigenvalue weighted by Gasteiger charge is -2.39. The number of aromatic nitrogens is 2. The van der Waals surface area contributed by atoms with Crippen molar-refractivity contribution < 1.29 is 9.90 Å². The van der Waals surface area contributed by atoms with Crippen LogP contribution in [0.4, 0.5) is 0 Å². The van der Waals surface area contributed by atoms with Gasteiger partial charge < -0.3 is 15.0 Å². The molecule has 1 aromatic carbocycles. The maximum absolute atomic E-state index is 12.4. The van der Waals surface area contributed by atoms with Gasteiger partial charge in [0.25, 0.3) is 5.91 Å². The molecule has 6 nitrogen and oxygen atoms in total. The van der Waals surface area contributed by atoms with Gasteiger partial charge in [-0.2, -0.15) is 0 Å². The molecule has 0 fully saturated rings. The highest BCUT2D eigenvalue weighted by Crippen LogP contribution is 2.26. The van der Waals surface area contributed by atoms with E-state index in [0.29, 0.717) is 12.1 Å². The van der Waals surface area contributed by atoms with E-state index in [4.69, 9.17) is 4.98 Å². The predicted molar refractivity (Wildman–Crippen MR) is 98.5 cm³/mol. The van der Waals surface area contributed by atoms with Crippen LogP contribution in [0.15, 0.2) is 18.2 Å². The van der Waals surface area contributed by atoms with Gasteiger partial charge in [-0.3, -0.25) is 9.69 Å². The Morgan fingerprint density at radius 1 is 1.24 bits per heavy atom. The maximum atomic E-state index is 12.4. The fourth-order valence-electron chi connectivity index (χ4n) is 3.19. The topological polar surface area (TPSA) is 70.4 Å². The first-order chi connectivity index (χ1) is 11.6. The maximum Gasteiger partial charge on any atom is 0.251 e. The van der Waals surface area contributed by atoms with Crippen LogP contribution in [0, 0.1) is 0 Å². The van der Waals surface area contributed by atoms with Gasteiger partial charge in [-0.05, 0) is 52.8 Å². The third-order valence-electron chi connectivity index (χ3n) is 4.75. The number of carbonyl (C=O) groups is 1. The van der Waals surface area contributed by atoms with Crippen LogP contribution in [0.5, 0.6) is 0 Å². The smallest absolute Gasteiger partial charge is 0.251 e. The van der Waals surface area contributed by atoms with Crippen molar-refractivity contribution in [3.05, 3.63) is 29.6 Å². The highest BCUT2D eigenvalue weighted by Gasteiger charge is 2.30. The highest BCUT2D eigenvalue weighted by molar-refractivity contribution is 5.97. The third-order valence-corrected chi connectivity index (χ3v) is 4.75. The first-order valence-corrected chi connectivity index (χ1v) is 8.78. The quantitative estimate of drug-likeness (QED) is 0.895. The summed E-state index contributed by atoms with van der Waals surface area (Å²) in [6.07, 6.45) is 0. The zero-order chi connectivity index (χ0) is 18.4. The van der Waals surface area contributed by atoms with Crippen molar-refractivity contribution in [2.24, 2.45) is 0 Å². The lowest BCUT2D eigenvalue weighted by atomic mass is 10.0. The number of rotatable bonds is 3. The van der Waals surface area contributed by atoms with Gasteiger partial charge in [-0.15, -0.1) is 0 Å². The largest absolute Gasteiger partial charge is 0.394 e. The molecule has 1 aliphatic heterocycles. The van der Waals surface area contributed by atoms with Crippen molar-refractivity contribution in [3.8, 4) is 0 Å². The Balaban J connectivity index is 1.90. The Kier molecular flexibility index (Phi) is 4.37. The average Bonchev–Trinajstić information content (AvgIpc) is 2.89. The molecule has 2 N–H and O–H groups in total. The summed E-state index contributed by atoms with van der Waals surface area (Å²) in [6.45, 7) is 12.5. The zero-order valence-corrected chi connectivity index (χ0v) is 15.8. The normalized spacial score (nSPS) is 16.1. The number of aliphatic hydroxyl groups excluding tert-OH is 1. The fourth-order valence-corrected chi connectivity index (χ4v) is 3.19. The number of hydrogen-bond donors (Lipinski definition) is 2. The van der Waals surface area contributed by atoms with Crippen molar-refractivity contribution >= 4 is 16.9 Å². The average molecular weight is 344 g/mol. The number of amides is 1. The Bertz CT molecular complexity index is 802. The molecule has 0 aliphatic carbocycles. The Hall–Kier alpha value is -1.92. The van der Waals surface area contributed by atoms with E-state index in [1.54, 1.807) is 0 Å². The second-order valence-corrected chi connectivity index (χ2v) is 8.48. The zero-order valence-electron chi connectivity index (χ0n) is 15.8. The number of imidazole rings is 1. The van der Waals surface area contributed by atoms with E-state index in [0.717, 1.165) is 29.9 Å². The molecule has 0 bridgehead atoms. The second kappa shape index (κ2) is 6.11. The Labute approximate surface area is 148 Å². The van der Waals surface area contributed by atoms with Crippen molar-refractivity contribution in [1.82, 2.24) is 19.8 Å². The number of aliphatic hydroxyl groups is 1. The van der Waals surface area contributed by atoms with Gasteiger partial charge >= 0.3 is 0 Å². The van der Waals surface area contributed by atoms with E-state index in [-0.39, 0.29) is 23.6 Å². The number of nitrogens with one attached hydrogen (secondary N) is 1. The summed E-state index contributed by atoms with van der Waals surface area (Å²) in [5, 5.41) is 12.6. The van der Waals surface area contributed by atoms with Gasteiger partial charge in [0.05, 0.1) is 24.2 Å². The molecule has 1 aliphatic rings. The summed E-state index contributed by atoms with van der Waals surface area (Å²) in [7, 11) is 0. The molecule has 3 rings (SSSR count). The second-order valence-electron chi connectivity index (χ2n) is 8.48. The van der Waals surface area contributed by atoms with Crippen LogP contribution < -0.4 is 5.32 Å². The molecule has 136 valence electrons. The number of carbonyl (C=O) groups excluding carboxylic acids is 1. The first kappa shape index (κ1) is 17.9. The van der Waals surface area contributed by atoms with Gasteiger partial charge in [0.15, 0.2) is 0 Å². The lowest BCUT2D eigenvalue weighted by molar-refractivity contribution is 0.0356. The van der Waals surface area contributed by atoms with E-state index in [9.17, 15) is 9.90 Å². The van der Waals surface area contributed by atoms with Gasteiger partial charge in [0.1, 0.15) is 5.82 Å².